The molecule has 4 heteroatoms. The van der Waals surface area contributed by atoms with Gasteiger partial charge in [0.25, 0.3) is 0 Å². The van der Waals surface area contributed by atoms with Crippen LogP contribution in [0.25, 0.3) is 0 Å². The topological polar surface area (TPSA) is 54.2 Å². The molecule has 0 aromatic carbocycles. The highest BCUT2D eigenvalue weighted by Crippen LogP contribution is 2.09. The zero-order chi connectivity index (χ0) is 8.97. The third-order valence-corrected chi connectivity index (χ3v) is 1.64. The van der Waals surface area contributed by atoms with Gasteiger partial charge in [-0.05, 0) is 26.2 Å². The lowest BCUT2D eigenvalue weighted by molar-refractivity contribution is 0.247. The molecule has 0 bridgehead atoms. The summed E-state index contributed by atoms with van der Waals surface area (Å²) in [6, 6.07) is 5.76. The molecule has 0 aliphatic carbocycles. The first kappa shape index (κ1) is 9.12. The van der Waals surface area contributed by atoms with Crippen LogP contribution < -0.4 is 11.3 Å². The summed E-state index contributed by atoms with van der Waals surface area (Å²) in [5, 5.41) is 0. The number of pyridine rings is 1. The van der Waals surface area contributed by atoms with E-state index in [0.29, 0.717) is 0 Å². The van der Waals surface area contributed by atoms with Gasteiger partial charge in [0.2, 0.25) is 0 Å². The van der Waals surface area contributed by atoms with E-state index in [2.05, 4.69) is 10.4 Å². The maximum atomic E-state index is 5.37. The minimum absolute atomic E-state index is 0.0220. The Labute approximate surface area is 72.4 Å². The Morgan fingerprint density at radius 3 is 2.67 bits per heavy atom. The van der Waals surface area contributed by atoms with Crippen molar-refractivity contribution in [3.05, 3.63) is 30.1 Å². The fraction of sp³-hybridized carbons (Fsp3) is 0.375. The molecule has 0 amide bonds. The van der Waals surface area contributed by atoms with Crippen molar-refractivity contribution in [3.8, 4) is 0 Å². The van der Waals surface area contributed by atoms with Crippen LogP contribution in [0.5, 0.6) is 0 Å². The van der Waals surface area contributed by atoms with Crippen LogP contribution in [-0.2, 0) is 0 Å². The van der Waals surface area contributed by atoms with Gasteiger partial charge in [0.15, 0.2) is 0 Å². The molecular formula is C8H14N4. The molecule has 1 rings (SSSR count). The standard InChI is InChI=1S/C8H14N4/c1-12(2)8(11-9)7-5-3-4-6-10-7/h3-6,8,11H,9H2,1-2H3. The summed E-state index contributed by atoms with van der Waals surface area (Å²) < 4.78 is 0. The summed E-state index contributed by atoms with van der Waals surface area (Å²) in [6.07, 6.45) is 1.73. The average Bonchev–Trinajstić information content (AvgIpc) is 2.07. The molecule has 12 heavy (non-hydrogen) atoms. The second kappa shape index (κ2) is 4.15. The fourth-order valence-electron chi connectivity index (χ4n) is 1.04. The molecule has 1 aromatic heterocycles. The van der Waals surface area contributed by atoms with Gasteiger partial charge in [-0.2, -0.15) is 0 Å². The van der Waals surface area contributed by atoms with Crippen molar-refractivity contribution in [2.75, 3.05) is 14.1 Å². The van der Waals surface area contributed by atoms with Gasteiger partial charge in [-0.1, -0.05) is 6.07 Å². The van der Waals surface area contributed by atoms with E-state index in [0.717, 1.165) is 5.69 Å². The largest absolute Gasteiger partial charge is 0.288 e. The lowest BCUT2D eigenvalue weighted by Crippen LogP contribution is -2.38. The number of hydrogen-bond acceptors (Lipinski definition) is 4. The van der Waals surface area contributed by atoms with Gasteiger partial charge in [0, 0.05) is 6.20 Å². The molecule has 66 valence electrons. The Morgan fingerprint density at radius 2 is 2.25 bits per heavy atom. The minimum atomic E-state index is -0.0220. The molecule has 1 aromatic rings. The molecule has 0 fully saturated rings. The molecule has 3 N–H and O–H groups in total. The van der Waals surface area contributed by atoms with Gasteiger partial charge in [-0.15, -0.1) is 0 Å². The van der Waals surface area contributed by atoms with Crippen molar-refractivity contribution in [2.24, 2.45) is 5.84 Å². The van der Waals surface area contributed by atoms with E-state index in [1.165, 1.54) is 0 Å². The Hall–Kier alpha value is -0.970. The maximum absolute atomic E-state index is 5.37. The first-order valence-electron chi connectivity index (χ1n) is 3.79. The lowest BCUT2D eigenvalue weighted by atomic mass is 10.3. The highest BCUT2D eigenvalue weighted by Gasteiger charge is 2.11. The third-order valence-electron chi connectivity index (χ3n) is 1.64. The minimum Gasteiger partial charge on any atom is -0.288 e. The molecule has 0 saturated carbocycles. The van der Waals surface area contributed by atoms with Gasteiger partial charge < -0.3 is 0 Å². The van der Waals surface area contributed by atoms with Crippen LogP contribution in [0.3, 0.4) is 0 Å². The van der Waals surface area contributed by atoms with E-state index in [1.807, 2.05) is 37.2 Å². The first-order chi connectivity index (χ1) is 5.75. The molecule has 1 heterocycles. The summed E-state index contributed by atoms with van der Waals surface area (Å²) in [6.45, 7) is 0. The molecule has 1 unspecified atom stereocenters. The summed E-state index contributed by atoms with van der Waals surface area (Å²) in [5.74, 6) is 5.37. The Kier molecular flexibility index (Phi) is 3.16. The van der Waals surface area contributed by atoms with Crippen LogP contribution in [0.2, 0.25) is 0 Å². The molecule has 0 aliphatic rings. The zero-order valence-electron chi connectivity index (χ0n) is 7.36. The number of nitrogens with zero attached hydrogens (tertiary/aromatic N) is 2. The Morgan fingerprint density at radius 1 is 1.50 bits per heavy atom. The average molecular weight is 166 g/mol. The van der Waals surface area contributed by atoms with Crippen LogP contribution in [0.15, 0.2) is 24.4 Å². The predicted molar refractivity (Wildman–Crippen MR) is 48.0 cm³/mol. The number of aromatic nitrogens is 1. The number of rotatable bonds is 3. The second-order valence-corrected chi connectivity index (χ2v) is 2.79. The molecule has 0 saturated heterocycles. The highest BCUT2D eigenvalue weighted by molar-refractivity contribution is 5.07. The van der Waals surface area contributed by atoms with E-state index in [-0.39, 0.29) is 6.17 Å². The maximum Gasteiger partial charge on any atom is 0.115 e. The van der Waals surface area contributed by atoms with Gasteiger partial charge >= 0.3 is 0 Å². The third kappa shape index (κ3) is 2.01. The number of hydrogen-bond donors (Lipinski definition) is 2. The van der Waals surface area contributed by atoms with Crippen molar-refractivity contribution < 1.29 is 0 Å². The smallest absolute Gasteiger partial charge is 0.115 e. The zero-order valence-corrected chi connectivity index (χ0v) is 7.36. The van der Waals surface area contributed by atoms with Crippen LogP contribution in [0.1, 0.15) is 11.9 Å². The van der Waals surface area contributed by atoms with Gasteiger partial charge in [0.1, 0.15) is 6.17 Å². The summed E-state index contributed by atoms with van der Waals surface area (Å²) >= 11 is 0. The number of hydrazine groups is 1. The number of nitrogens with two attached hydrogens (primary N) is 1. The van der Waals surface area contributed by atoms with Crippen LogP contribution in [-0.4, -0.2) is 24.0 Å². The summed E-state index contributed by atoms with van der Waals surface area (Å²) in [4.78, 5) is 6.15. The van der Waals surface area contributed by atoms with E-state index >= 15 is 0 Å². The second-order valence-electron chi connectivity index (χ2n) is 2.79. The van der Waals surface area contributed by atoms with Crippen LogP contribution >= 0.6 is 0 Å². The van der Waals surface area contributed by atoms with Crippen LogP contribution in [0, 0.1) is 0 Å². The van der Waals surface area contributed by atoms with Gasteiger partial charge in [-0.25, -0.2) is 5.43 Å². The van der Waals surface area contributed by atoms with Crippen LogP contribution in [0.4, 0.5) is 0 Å². The summed E-state index contributed by atoms with van der Waals surface area (Å²) in [5.41, 5.74) is 3.60. The lowest BCUT2D eigenvalue weighted by Gasteiger charge is -2.22. The quantitative estimate of drug-likeness (QED) is 0.380. The Balaban J connectivity index is 2.80. The van der Waals surface area contributed by atoms with Crippen molar-refractivity contribution in [2.45, 2.75) is 6.17 Å². The molecule has 1 atom stereocenters. The highest BCUT2D eigenvalue weighted by atomic mass is 15.4. The van der Waals surface area contributed by atoms with Crippen molar-refractivity contribution >= 4 is 0 Å². The predicted octanol–water partition coefficient (Wildman–Crippen LogP) is 0.105. The van der Waals surface area contributed by atoms with E-state index < -0.39 is 0 Å². The first-order valence-corrected chi connectivity index (χ1v) is 3.79. The monoisotopic (exact) mass is 166 g/mol. The molecular weight excluding hydrogens is 152 g/mol. The normalized spacial score (nSPS) is 13.3. The van der Waals surface area contributed by atoms with Gasteiger partial charge in [0.05, 0.1) is 5.69 Å². The van der Waals surface area contributed by atoms with E-state index in [9.17, 15) is 0 Å². The van der Waals surface area contributed by atoms with Gasteiger partial charge in [-0.3, -0.25) is 15.7 Å². The van der Waals surface area contributed by atoms with Crippen molar-refractivity contribution in [3.63, 3.8) is 0 Å². The number of nitrogens with one attached hydrogen (secondary N) is 1. The van der Waals surface area contributed by atoms with E-state index in [4.69, 9.17) is 5.84 Å². The van der Waals surface area contributed by atoms with Crippen molar-refractivity contribution in [1.82, 2.24) is 15.3 Å². The fourth-order valence-corrected chi connectivity index (χ4v) is 1.04. The van der Waals surface area contributed by atoms with Crippen molar-refractivity contribution in [1.29, 1.82) is 0 Å². The molecule has 0 aliphatic heterocycles. The Bertz CT molecular complexity index is 222. The summed E-state index contributed by atoms with van der Waals surface area (Å²) in [7, 11) is 3.89. The SMILES string of the molecule is CN(C)C(NN)c1ccccn1. The molecule has 4 nitrogen and oxygen atoms in total. The van der Waals surface area contributed by atoms with E-state index in [1.54, 1.807) is 6.20 Å². The molecule has 0 radical (unpaired) electrons. The molecule has 0 spiro atoms.